The highest BCUT2D eigenvalue weighted by Crippen LogP contribution is 2.26. The van der Waals surface area contributed by atoms with Crippen LogP contribution in [0.5, 0.6) is 0 Å². The first-order chi connectivity index (χ1) is 7.70. The maximum absolute atomic E-state index is 5.81. The third-order valence-electron chi connectivity index (χ3n) is 2.74. The summed E-state index contributed by atoms with van der Waals surface area (Å²) >= 11 is 0. The number of rotatable bonds is 2. The van der Waals surface area contributed by atoms with Gasteiger partial charge in [-0.1, -0.05) is 24.3 Å². The van der Waals surface area contributed by atoms with Crippen LogP contribution in [0.4, 0.5) is 5.69 Å². The van der Waals surface area contributed by atoms with Crippen LogP contribution in [0.2, 0.25) is 0 Å². The quantitative estimate of drug-likeness (QED) is 0.752. The molecule has 0 heterocycles. The minimum absolute atomic E-state index is 0.565. The smallest absolute Gasteiger partial charge is 0.0320 e. The zero-order valence-corrected chi connectivity index (χ0v) is 9.40. The van der Waals surface area contributed by atoms with Gasteiger partial charge in [0.15, 0.2) is 0 Å². The van der Waals surface area contributed by atoms with E-state index in [0.29, 0.717) is 6.54 Å². The average Bonchev–Trinajstić information content (AvgIpc) is 2.32. The zero-order chi connectivity index (χ0) is 11.5. The van der Waals surface area contributed by atoms with E-state index < -0.39 is 0 Å². The minimum atomic E-state index is 0.565. The van der Waals surface area contributed by atoms with Crippen LogP contribution in [0.25, 0.3) is 11.1 Å². The molecular formula is C14H16N2. The molecule has 0 spiro atoms. The first kappa shape index (κ1) is 10.7. The lowest BCUT2D eigenvalue weighted by Gasteiger charge is -2.08. The Morgan fingerprint density at radius 1 is 1.06 bits per heavy atom. The number of aryl methyl sites for hydroxylation is 1. The Kier molecular flexibility index (Phi) is 2.93. The molecule has 0 saturated heterocycles. The van der Waals surface area contributed by atoms with Crippen LogP contribution in [-0.4, -0.2) is 0 Å². The predicted octanol–water partition coefficient (Wildman–Crippen LogP) is 2.70. The van der Waals surface area contributed by atoms with Gasteiger partial charge in [-0.05, 0) is 47.4 Å². The third-order valence-corrected chi connectivity index (χ3v) is 2.74. The predicted molar refractivity (Wildman–Crippen MR) is 68.9 cm³/mol. The van der Waals surface area contributed by atoms with E-state index in [1.807, 2.05) is 30.3 Å². The lowest BCUT2D eigenvalue weighted by molar-refractivity contribution is 1.07. The van der Waals surface area contributed by atoms with Crippen LogP contribution >= 0.6 is 0 Å². The van der Waals surface area contributed by atoms with Crippen molar-refractivity contribution in [1.82, 2.24) is 0 Å². The van der Waals surface area contributed by atoms with E-state index in [0.717, 1.165) is 11.3 Å². The van der Waals surface area contributed by atoms with Crippen LogP contribution in [0.1, 0.15) is 11.1 Å². The lowest BCUT2D eigenvalue weighted by atomic mass is 9.98. The molecule has 4 N–H and O–H groups in total. The summed E-state index contributed by atoms with van der Waals surface area (Å²) in [6, 6.07) is 14.2. The molecule has 0 aliphatic rings. The summed E-state index contributed by atoms with van der Waals surface area (Å²) in [6.45, 7) is 2.65. The molecule has 2 heteroatoms. The SMILES string of the molecule is Cc1ccc(N)cc1-c1cccc(CN)c1. The number of nitrogen functional groups attached to an aromatic ring is 1. The fourth-order valence-electron chi connectivity index (χ4n) is 1.82. The molecule has 82 valence electrons. The van der Waals surface area contributed by atoms with Gasteiger partial charge in [-0.2, -0.15) is 0 Å². The fourth-order valence-corrected chi connectivity index (χ4v) is 1.82. The molecule has 0 radical (unpaired) electrons. The molecule has 0 aromatic heterocycles. The first-order valence-corrected chi connectivity index (χ1v) is 5.36. The summed E-state index contributed by atoms with van der Waals surface area (Å²) in [5.74, 6) is 0. The summed E-state index contributed by atoms with van der Waals surface area (Å²) in [4.78, 5) is 0. The zero-order valence-electron chi connectivity index (χ0n) is 9.40. The van der Waals surface area contributed by atoms with Crippen LogP contribution in [0, 0.1) is 6.92 Å². The monoisotopic (exact) mass is 212 g/mol. The molecule has 2 rings (SSSR count). The topological polar surface area (TPSA) is 52.0 Å². The molecule has 16 heavy (non-hydrogen) atoms. The Labute approximate surface area is 95.9 Å². The Hall–Kier alpha value is -1.80. The van der Waals surface area contributed by atoms with Crippen LogP contribution < -0.4 is 11.5 Å². The van der Waals surface area contributed by atoms with Gasteiger partial charge in [-0.3, -0.25) is 0 Å². The Balaban J connectivity index is 2.53. The molecule has 2 nitrogen and oxygen atoms in total. The second kappa shape index (κ2) is 4.37. The van der Waals surface area contributed by atoms with E-state index in [9.17, 15) is 0 Å². The van der Waals surface area contributed by atoms with Crippen molar-refractivity contribution in [2.45, 2.75) is 13.5 Å². The van der Waals surface area contributed by atoms with Gasteiger partial charge in [0.25, 0.3) is 0 Å². The van der Waals surface area contributed by atoms with E-state index in [4.69, 9.17) is 11.5 Å². The highest BCUT2D eigenvalue weighted by atomic mass is 14.5. The molecular weight excluding hydrogens is 196 g/mol. The largest absolute Gasteiger partial charge is 0.399 e. The first-order valence-electron chi connectivity index (χ1n) is 5.36. The van der Waals surface area contributed by atoms with Crippen LogP contribution in [0.15, 0.2) is 42.5 Å². The normalized spacial score (nSPS) is 10.4. The molecule has 0 fully saturated rings. The van der Waals surface area contributed by atoms with Gasteiger partial charge in [-0.25, -0.2) is 0 Å². The summed E-state index contributed by atoms with van der Waals surface area (Å²) in [5.41, 5.74) is 17.0. The van der Waals surface area contributed by atoms with Crippen molar-refractivity contribution >= 4 is 5.69 Å². The average molecular weight is 212 g/mol. The van der Waals surface area contributed by atoms with Crippen molar-refractivity contribution in [2.75, 3.05) is 5.73 Å². The number of hydrogen-bond donors (Lipinski definition) is 2. The van der Waals surface area contributed by atoms with Gasteiger partial charge in [0, 0.05) is 12.2 Å². The second-order valence-corrected chi connectivity index (χ2v) is 3.98. The van der Waals surface area contributed by atoms with Gasteiger partial charge in [0.1, 0.15) is 0 Å². The molecule has 0 unspecified atom stereocenters. The molecule has 0 aliphatic carbocycles. The molecule has 0 amide bonds. The van der Waals surface area contributed by atoms with Gasteiger partial charge >= 0.3 is 0 Å². The summed E-state index contributed by atoms with van der Waals surface area (Å²) < 4.78 is 0. The number of hydrogen-bond acceptors (Lipinski definition) is 2. The molecule has 0 atom stereocenters. The fraction of sp³-hybridized carbons (Fsp3) is 0.143. The van der Waals surface area contributed by atoms with E-state index in [-0.39, 0.29) is 0 Å². The number of anilines is 1. The van der Waals surface area contributed by atoms with E-state index in [1.165, 1.54) is 16.7 Å². The van der Waals surface area contributed by atoms with Crippen LogP contribution in [0.3, 0.4) is 0 Å². The standard InChI is InChI=1S/C14H16N2/c1-10-5-6-13(16)8-14(10)12-4-2-3-11(7-12)9-15/h2-8H,9,15-16H2,1H3. The van der Waals surface area contributed by atoms with Crippen molar-refractivity contribution in [3.05, 3.63) is 53.6 Å². The summed E-state index contributed by atoms with van der Waals surface area (Å²) in [6.07, 6.45) is 0. The number of benzene rings is 2. The lowest BCUT2D eigenvalue weighted by Crippen LogP contribution is -1.96. The van der Waals surface area contributed by atoms with Crippen molar-refractivity contribution in [1.29, 1.82) is 0 Å². The second-order valence-electron chi connectivity index (χ2n) is 3.98. The molecule has 2 aromatic carbocycles. The van der Waals surface area contributed by atoms with Crippen molar-refractivity contribution in [3.63, 3.8) is 0 Å². The van der Waals surface area contributed by atoms with E-state index >= 15 is 0 Å². The summed E-state index contributed by atoms with van der Waals surface area (Å²) in [7, 11) is 0. The van der Waals surface area contributed by atoms with Gasteiger partial charge < -0.3 is 11.5 Å². The molecule has 0 bridgehead atoms. The summed E-state index contributed by atoms with van der Waals surface area (Å²) in [5, 5.41) is 0. The highest BCUT2D eigenvalue weighted by molar-refractivity contribution is 5.71. The maximum Gasteiger partial charge on any atom is 0.0320 e. The molecule has 0 saturated carbocycles. The van der Waals surface area contributed by atoms with Gasteiger partial charge in [0.2, 0.25) is 0 Å². The Morgan fingerprint density at radius 2 is 1.88 bits per heavy atom. The Bertz CT molecular complexity index is 504. The molecule has 2 aromatic rings. The van der Waals surface area contributed by atoms with Gasteiger partial charge in [0.05, 0.1) is 0 Å². The van der Waals surface area contributed by atoms with Crippen molar-refractivity contribution in [3.8, 4) is 11.1 Å². The van der Waals surface area contributed by atoms with Crippen molar-refractivity contribution in [2.24, 2.45) is 5.73 Å². The van der Waals surface area contributed by atoms with Crippen molar-refractivity contribution < 1.29 is 0 Å². The third kappa shape index (κ3) is 2.07. The minimum Gasteiger partial charge on any atom is -0.399 e. The van der Waals surface area contributed by atoms with Gasteiger partial charge in [-0.15, -0.1) is 0 Å². The number of nitrogens with two attached hydrogens (primary N) is 2. The maximum atomic E-state index is 5.81. The highest BCUT2D eigenvalue weighted by Gasteiger charge is 2.02. The Morgan fingerprint density at radius 3 is 2.62 bits per heavy atom. The molecule has 0 aliphatic heterocycles. The van der Waals surface area contributed by atoms with Crippen LogP contribution in [-0.2, 0) is 6.54 Å². The van der Waals surface area contributed by atoms with E-state index in [2.05, 4.69) is 19.1 Å². The van der Waals surface area contributed by atoms with E-state index in [1.54, 1.807) is 0 Å².